The van der Waals surface area contributed by atoms with Crippen molar-refractivity contribution in [3.05, 3.63) is 23.2 Å². The van der Waals surface area contributed by atoms with E-state index in [1.54, 1.807) is 0 Å². The first-order chi connectivity index (χ1) is 9.74. The molecule has 1 aliphatic rings. The predicted molar refractivity (Wildman–Crippen MR) is 85.3 cm³/mol. The zero-order valence-electron chi connectivity index (χ0n) is 14.3. The average Bonchev–Trinajstić information content (AvgIpc) is 2.72. The molecule has 2 unspecified atom stereocenters. The molecule has 2 rings (SSSR count). The van der Waals surface area contributed by atoms with Gasteiger partial charge in [0.15, 0.2) is 0 Å². The first-order valence-corrected chi connectivity index (χ1v) is 7.93. The third-order valence-electron chi connectivity index (χ3n) is 3.97. The van der Waals surface area contributed by atoms with E-state index in [2.05, 4.69) is 57.8 Å². The summed E-state index contributed by atoms with van der Waals surface area (Å²) < 4.78 is 11.6. The fraction of sp³-hybridized carbons (Fsp3) is 0.765. The SMILES string of the molecule is Cc1oc(CNC(C)(C)C)cc1CN1CC(C)OCC1C. The van der Waals surface area contributed by atoms with Gasteiger partial charge in [0.2, 0.25) is 0 Å². The molecule has 1 N–H and O–H groups in total. The van der Waals surface area contributed by atoms with E-state index in [-0.39, 0.29) is 5.54 Å². The van der Waals surface area contributed by atoms with Crippen LogP contribution in [0.5, 0.6) is 0 Å². The van der Waals surface area contributed by atoms with E-state index >= 15 is 0 Å². The molecule has 1 aromatic rings. The van der Waals surface area contributed by atoms with Gasteiger partial charge in [0.25, 0.3) is 0 Å². The van der Waals surface area contributed by atoms with Crippen molar-refractivity contribution in [3.63, 3.8) is 0 Å². The number of morpholine rings is 1. The van der Waals surface area contributed by atoms with Crippen molar-refractivity contribution < 1.29 is 9.15 Å². The lowest BCUT2D eigenvalue weighted by Gasteiger charge is -2.36. The normalized spacial score (nSPS) is 24.5. The van der Waals surface area contributed by atoms with Gasteiger partial charge in [-0.3, -0.25) is 4.90 Å². The van der Waals surface area contributed by atoms with E-state index < -0.39 is 0 Å². The molecule has 0 amide bonds. The molecule has 120 valence electrons. The van der Waals surface area contributed by atoms with E-state index in [0.29, 0.717) is 12.1 Å². The van der Waals surface area contributed by atoms with Crippen molar-refractivity contribution in [2.24, 2.45) is 0 Å². The second-order valence-corrected chi connectivity index (χ2v) is 7.32. The molecule has 0 aliphatic carbocycles. The predicted octanol–water partition coefficient (Wildman–Crippen LogP) is 3.09. The zero-order valence-corrected chi connectivity index (χ0v) is 14.3. The average molecular weight is 294 g/mol. The van der Waals surface area contributed by atoms with Crippen molar-refractivity contribution in [2.75, 3.05) is 13.2 Å². The summed E-state index contributed by atoms with van der Waals surface area (Å²) in [6, 6.07) is 2.66. The Balaban J connectivity index is 1.98. The number of hydrogen-bond donors (Lipinski definition) is 1. The van der Waals surface area contributed by atoms with Gasteiger partial charge >= 0.3 is 0 Å². The van der Waals surface area contributed by atoms with Crippen LogP contribution in [0.3, 0.4) is 0 Å². The molecule has 0 bridgehead atoms. The van der Waals surface area contributed by atoms with Gasteiger partial charge in [-0.05, 0) is 47.6 Å². The maximum Gasteiger partial charge on any atom is 0.118 e. The van der Waals surface area contributed by atoms with Gasteiger partial charge in [0.05, 0.1) is 19.3 Å². The van der Waals surface area contributed by atoms with E-state index in [9.17, 15) is 0 Å². The number of aryl methyl sites for hydroxylation is 1. The van der Waals surface area contributed by atoms with E-state index in [1.807, 2.05) is 0 Å². The summed E-state index contributed by atoms with van der Waals surface area (Å²) in [7, 11) is 0. The van der Waals surface area contributed by atoms with Crippen molar-refractivity contribution in [2.45, 2.75) is 72.3 Å². The minimum Gasteiger partial charge on any atom is -0.465 e. The minimum atomic E-state index is 0.106. The summed E-state index contributed by atoms with van der Waals surface area (Å²) in [5, 5.41) is 3.47. The third kappa shape index (κ3) is 4.83. The molecule has 0 aromatic carbocycles. The summed E-state index contributed by atoms with van der Waals surface area (Å²) >= 11 is 0. The summed E-state index contributed by atoms with van der Waals surface area (Å²) in [5.74, 6) is 2.05. The van der Waals surface area contributed by atoms with Gasteiger partial charge < -0.3 is 14.5 Å². The molecule has 1 aromatic heterocycles. The third-order valence-corrected chi connectivity index (χ3v) is 3.97. The molecule has 1 saturated heterocycles. The second-order valence-electron chi connectivity index (χ2n) is 7.32. The lowest BCUT2D eigenvalue weighted by atomic mass is 10.1. The monoisotopic (exact) mass is 294 g/mol. The van der Waals surface area contributed by atoms with E-state index in [1.165, 1.54) is 5.56 Å². The fourth-order valence-corrected chi connectivity index (χ4v) is 2.59. The van der Waals surface area contributed by atoms with Crippen LogP contribution in [0.2, 0.25) is 0 Å². The van der Waals surface area contributed by atoms with Crippen LogP contribution < -0.4 is 5.32 Å². The first-order valence-electron chi connectivity index (χ1n) is 7.93. The highest BCUT2D eigenvalue weighted by Gasteiger charge is 2.24. The Morgan fingerprint density at radius 2 is 2.05 bits per heavy atom. The number of rotatable bonds is 4. The molecule has 1 fully saturated rings. The smallest absolute Gasteiger partial charge is 0.118 e. The van der Waals surface area contributed by atoms with Crippen LogP contribution in [0.1, 0.15) is 51.7 Å². The Hall–Kier alpha value is -0.840. The summed E-state index contributed by atoms with van der Waals surface area (Å²) in [6.45, 7) is 16.5. The van der Waals surface area contributed by atoms with Gasteiger partial charge in [0.1, 0.15) is 11.5 Å². The number of hydrogen-bond acceptors (Lipinski definition) is 4. The van der Waals surface area contributed by atoms with E-state index in [4.69, 9.17) is 9.15 Å². The Bertz CT molecular complexity index is 462. The molecule has 1 aliphatic heterocycles. The summed E-state index contributed by atoms with van der Waals surface area (Å²) in [5.41, 5.74) is 1.40. The molecule has 4 nitrogen and oxygen atoms in total. The highest BCUT2D eigenvalue weighted by molar-refractivity contribution is 5.21. The van der Waals surface area contributed by atoms with Crippen LogP contribution in [0.25, 0.3) is 0 Å². The van der Waals surface area contributed by atoms with Gasteiger partial charge in [-0.15, -0.1) is 0 Å². The first kappa shape index (κ1) is 16.5. The number of nitrogens with one attached hydrogen (secondary N) is 1. The molecule has 2 heterocycles. The lowest BCUT2D eigenvalue weighted by Crippen LogP contribution is -2.46. The summed E-state index contributed by atoms with van der Waals surface area (Å²) in [6.07, 6.45) is 0.315. The standard InChI is InChI=1S/C17H30N2O2/c1-12-11-20-13(2)9-19(12)10-15-7-16(21-14(15)3)8-18-17(4,5)6/h7,12-13,18H,8-11H2,1-6H3. The van der Waals surface area contributed by atoms with Gasteiger partial charge in [-0.25, -0.2) is 0 Å². The van der Waals surface area contributed by atoms with Gasteiger partial charge in [0, 0.05) is 30.2 Å². The number of nitrogens with zero attached hydrogens (tertiary/aromatic N) is 1. The number of furan rings is 1. The van der Waals surface area contributed by atoms with Crippen LogP contribution in [0.4, 0.5) is 0 Å². The molecular weight excluding hydrogens is 264 g/mol. The van der Waals surface area contributed by atoms with Crippen molar-refractivity contribution in [1.29, 1.82) is 0 Å². The Labute approximate surface area is 128 Å². The van der Waals surface area contributed by atoms with Gasteiger partial charge in [-0.2, -0.15) is 0 Å². The molecule has 4 heteroatoms. The number of ether oxygens (including phenoxy) is 1. The molecule has 21 heavy (non-hydrogen) atoms. The Morgan fingerprint density at radius 1 is 1.33 bits per heavy atom. The highest BCUT2D eigenvalue weighted by atomic mass is 16.5. The molecule has 0 radical (unpaired) electrons. The molecular formula is C17H30N2O2. The van der Waals surface area contributed by atoms with Crippen molar-refractivity contribution in [1.82, 2.24) is 10.2 Å². The Morgan fingerprint density at radius 3 is 2.71 bits per heavy atom. The van der Waals surface area contributed by atoms with Gasteiger partial charge in [-0.1, -0.05) is 0 Å². The summed E-state index contributed by atoms with van der Waals surface area (Å²) in [4.78, 5) is 2.48. The zero-order chi connectivity index (χ0) is 15.6. The van der Waals surface area contributed by atoms with Crippen LogP contribution in [0.15, 0.2) is 10.5 Å². The van der Waals surface area contributed by atoms with Crippen LogP contribution in [0, 0.1) is 6.92 Å². The minimum absolute atomic E-state index is 0.106. The Kier molecular flexibility index (Phi) is 5.12. The van der Waals surface area contributed by atoms with Crippen LogP contribution in [-0.4, -0.2) is 35.7 Å². The lowest BCUT2D eigenvalue weighted by molar-refractivity contribution is -0.0527. The van der Waals surface area contributed by atoms with Crippen molar-refractivity contribution >= 4 is 0 Å². The van der Waals surface area contributed by atoms with Crippen LogP contribution >= 0.6 is 0 Å². The molecule has 0 spiro atoms. The maximum atomic E-state index is 5.89. The maximum absolute atomic E-state index is 5.89. The second kappa shape index (κ2) is 6.51. The van der Waals surface area contributed by atoms with Crippen LogP contribution in [-0.2, 0) is 17.8 Å². The topological polar surface area (TPSA) is 37.6 Å². The quantitative estimate of drug-likeness (QED) is 0.926. The fourth-order valence-electron chi connectivity index (χ4n) is 2.59. The van der Waals surface area contributed by atoms with Crippen molar-refractivity contribution in [3.8, 4) is 0 Å². The highest BCUT2D eigenvalue weighted by Crippen LogP contribution is 2.21. The van der Waals surface area contributed by atoms with E-state index in [0.717, 1.165) is 37.8 Å². The largest absolute Gasteiger partial charge is 0.465 e. The molecule has 0 saturated carbocycles. The molecule has 2 atom stereocenters.